The maximum atomic E-state index is 14.7. The number of nitrogens with two attached hydrogens (primary N) is 2. The van der Waals surface area contributed by atoms with E-state index in [4.69, 9.17) is 20.6 Å². The van der Waals surface area contributed by atoms with Gasteiger partial charge in [-0.15, -0.1) is 24.9 Å². The zero-order valence-electron chi connectivity index (χ0n) is 32.7. The minimum atomic E-state index is -6.61. The molecule has 0 aliphatic carbocycles. The predicted octanol–water partition coefficient (Wildman–Crippen LogP) is 10.9. The molecule has 326 valence electrons. The average Bonchev–Trinajstić information content (AvgIpc) is 3.06. The number of thioether (sulfide) groups is 1. The number of hydrogen-bond donors (Lipinski definition) is 2. The van der Waals surface area contributed by atoms with Crippen LogP contribution >= 0.6 is 11.8 Å². The molecule has 0 fully saturated rings. The van der Waals surface area contributed by atoms with Crippen LogP contribution in [0.1, 0.15) is 85.6 Å². The van der Waals surface area contributed by atoms with Crippen molar-refractivity contribution in [3.05, 3.63) is 58.4 Å². The molecule has 19 heteroatoms. The Morgan fingerprint density at radius 2 is 1.38 bits per heavy atom. The van der Waals surface area contributed by atoms with Gasteiger partial charge in [0.25, 0.3) is 0 Å². The highest BCUT2D eigenvalue weighted by atomic mass is 32.2. The molecule has 7 nitrogen and oxygen atoms in total. The van der Waals surface area contributed by atoms with Gasteiger partial charge in [0.15, 0.2) is 0 Å². The van der Waals surface area contributed by atoms with Gasteiger partial charge in [0.1, 0.15) is 11.3 Å². The van der Waals surface area contributed by atoms with Gasteiger partial charge in [-0.2, -0.15) is 35.1 Å². The van der Waals surface area contributed by atoms with E-state index in [0.717, 1.165) is 18.9 Å². The van der Waals surface area contributed by atoms with E-state index in [1.807, 2.05) is 6.92 Å². The lowest BCUT2D eigenvalue weighted by molar-refractivity contribution is -0.367. The van der Waals surface area contributed by atoms with Gasteiger partial charge in [0.05, 0.1) is 24.0 Å². The summed E-state index contributed by atoms with van der Waals surface area (Å²) in [5.41, 5.74) is 6.64. The number of hydrogen-bond acceptors (Lipinski definition) is 8. The molecule has 0 aliphatic rings. The van der Waals surface area contributed by atoms with E-state index in [-0.39, 0.29) is 33.4 Å². The number of rotatable bonds is 20. The molecule has 1 atom stereocenters. The summed E-state index contributed by atoms with van der Waals surface area (Å²) < 4.78 is 172. The molecular formula is C39H47F11N2O5S. The van der Waals surface area contributed by atoms with Crippen molar-refractivity contribution >= 4 is 28.7 Å². The molecule has 3 rings (SSSR count). The summed E-state index contributed by atoms with van der Waals surface area (Å²) in [5, 5.41) is 0.146. The molecule has 2 aromatic carbocycles. The number of aryl methyl sites for hydroxylation is 1. The Morgan fingerprint density at radius 3 is 1.93 bits per heavy atom. The molecule has 58 heavy (non-hydrogen) atoms. The first kappa shape index (κ1) is 48.8. The first-order valence-corrected chi connectivity index (χ1v) is 19.1. The summed E-state index contributed by atoms with van der Waals surface area (Å²) in [6, 6.07) is 8.80. The smallest absolute Gasteiger partial charge is 0.465 e. The van der Waals surface area contributed by atoms with E-state index in [1.54, 1.807) is 0 Å². The number of alkyl halides is 11. The van der Waals surface area contributed by atoms with Crippen molar-refractivity contribution in [2.75, 3.05) is 12.4 Å². The van der Waals surface area contributed by atoms with E-state index in [9.17, 15) is 57.9 Å². The van der Waals surface area contributed by atoms with Gasteiger partial charge in [0, 0.05) is 39.1 Å². The van der Waals surface area contributed by atoms with Gasteiger partial charge in [-0.25, -0.2) is 4.79 Å². The summed E-state index contributed by atoms with van der Waals surface area (Å²) in [6.45, 7) is 7.53. The standard InChI is InChI=1S/C39H47F11N2O5S/c1-7-8-9-10-23-11-14-26(29(19-23)57-39(48,49)50)27-20-24-12-13-25(21-28(24)56-30(27)53)58-18-16-36(42,43)38(46,47)37(44,45)35(40,41)15-17-55-31(54)34(6,33(4,5)52)22-32(2,3)51/h11-14,19-21H,7-10,15-18,22,51-52H2,1-6H3. The quantitative estimate of drug-likeness (QED) is 0.0379. The van der Waals surface area contributed by atoms with Crippen molar-refractivity contribution in [1.82, 2.24) is 0 Å². The maximum Gasteiger partial charge on any atom is 0.573 e. The number of halogens is 11. The average molecular weight is 865 g/mol. The van der Waals surface area contributed by atoms with Crippen LogP contribution in [0.2, 0.25) is 0 Å². The molecule has 0 bridgehead atoms. The lowest BCUT2D eigenvalue weighted by Crippen LogP contribution is -2.62. The van der Waals surface area contributed by atoms with E-state index in [1.165, 1.54) is 71.0 Å². The molecule has 0 aliphatic heterocycles. The Morgan fingerprint density at radius 1 is 0.776 bits per heavy atom. The van der Waals surface area contributed by atoms with Crippen LogP contribution in [0.4, 0.5) is 48.3 Å². The predicted molar refractivity (Wildman–Crippen MR) is 198 cm³/mol. The van der Waals surface area contributed by atoms with Gasteiger partial charge in [-0.1, -0.05) is 38.0 Å². The molecule has 0 saturated heterocycles. The Balaban J connectivity index is 1.75. The number of esters is 1. The van der Waals surface area contributed by atoms with Crippen molar-refractivity contribution < 1.29 is 67.0 Å². The fraction of sp³-hybridized carbons (Fsp3) is 0.590. The van der Waals surface area contributed by atoms with Crippen LogP contribution in [0, 0.1) is 5.41 Å². The summed E-state index contributed by atoms with van der Waals surface area (Å²) >= 11 is 0.417. The SMILES string of the molecule is CCCCCc1ccc(-c2cc3ccc(SCCC(F)(F)C(F)(F)C(F)(F)C(F)(F)CCOC(=O)C(C)(CC(C)(C)N)C(C)(C)N)cc3oc2=O)c(OC(F)(F)F)c1. The van der Waals surface area contributed by atoms with Crippen molar-refractivity contribution in [1.29, 1.82) is 0 Å². The minimum Gasteiger partial charge on any atom is -0.465 e. The van der Waals surface area contributed by atoms with Crippen LogP contribution < -0.4 is 21.8 Å². The summed E-state index contributed by atoms with van der Waals surface area (Å²) in [6.07, 6.45) is -6.64. The third kappa shape index (κ3) is 11.4. The lowest BCUT2D eigenvalue weighted by Gasteiger charge is -2.43. The number of ether oxygens (including phenoxy) is 2. The fourth-order valence-corrected chi connectivity index (χ4v) is 7.03. The second kappa shape index (κ2) is 17.6. The van der Waals surface area contributed by atoms with Crippen LogP contribution in [0.3, 0.4) is 0 Å². The monoisotopic (exact) mass is 864 g/mol. The molecular weight excluding hydrogens is 817 g/mol. The third-order valence-electron chi connectivity index (χ3n) is 9.67. The number of carbonyl (C=O) groups is 1. The van der Waals surface area contributed by atoms with Crippen molar-refractivity contribution in [3.8, 4) is 16.9 Å². The molecule has 4 N–H and O–H groups in total. The number of fused-ring (bicyclic) bond motifs is 1. The first-order valence-electron chi connectivity index (χ1n) is 18.1. The maximum absolute atomic E-state index is 14.7. The van der Waals surface area contributed by atoms with Crippen molar-refractivity contribution in [2.24, 2.45) is 16.9 Å². The molecule has 0 spiro atoms. The van der Waals surface area contributed by atoms with E-state index < -0.39 is 89.1 Å². The second-order valence-electron chi connectivity index (χ2n) is 15.7. The highest BCUT2D eigenvalue weighted by Crippen LogP contribution is 2.55. The van der Waals surface area contributed by atoms with Crippen LogP contribution in [-0.4, -0.2) is 59.5 Å². The number of benzene rings is 2. The topological polar surface area (TPSA) is 118 Å². The van der Waals surface area contributed by atoms with Crippen LogP contribution in [0.25, 0.3) is 22.1 Å². The van der Waals surface area contributed by atoms with Crippen molar-refractivity contribution in [2.45, 2.75) is 133 Å². The minimum absolute atomic E-state index is 0.00429. The molecule has 1 unspecified atom stereocenters. The van der Waals surface area contributed by atoms with Crippen LogP contribution in [-0.2, 0) is 16.0 Å². The van der Waals surface area contributed by atoms with Gasteiger partial charge < -0.3 is 25.4 Å². The van der Waals surface area contributed by atoms with Crippen molar-refractivity contribution in [3.63, 3.8) is 0 Å². The van der Waals surface area contributed by atoms with Crippen LogP contribution in [0.15, 0.2) is 56.6 Å². The zero-order chi connectivity index (χ0) is 44.3. The highest BCUT2D eigenvalue weighted by molar-refractivity contribution is 7.99. The first-order chi connectivity index (χ1) is 26.3. The third-order valence-corrected chi connectivity index (χ3v) is 10.7. The number of unbranched alkanes of at least 4 members (excludes halogenated alkanes) is 2. The molecule has 1 heterocycles. The summed E-state index contributed by atoms with van der Waals surface area (Å²) in [4.78, 5) is 25.8. The molecule has 0 saturated carbocycles. The zero-order valence-corrected chi connectivity index (χ0v) is 33.5. The van der Waals surface area contributed by atoms with E-state index >= 15 is 0 Å². The molecule has 1 aromatic heterocycles. The Bertz CT molecular complexity index is 1960. The number of carbonyl (C=O) groups excluding carboxylic acids is 1. The Labute approximate surface area is 332 Å². The Hall–Kier alpha value is -3.58. The Kier molecular flexibility index (Phi) is 14.8. The molecule has 0 radical (unpaired) electrons. The molecule has 3 aromatic rings. The second-order valence-corrected chi connectivity index (χ2v) is 16.9. The summed E-state index contributed by atoms with van der Waals surface area (Å²) in [5.74, 6) is -27.6. The van der Waals surface area contributed by atoms with Gasteiger partial charge in [-0.3, -0.25) is 4.79 Å². The lowest BCUT2D eigenvalue weighted by atomic mass is 9.67. The molecule has 0 amide bonds. The van der Waals surface area contributed by atoms with Crippen LogP contribution in [0.5, 0.6) is 5.75 Å². The van der Waals surface area contributed by atoms with E-state index in [0.29, 0.717) is 30.2 Å². The summed E-state index contributed by atoms with van der Waals surface area (Å²) in [7, 11) is 0. The normalized spacial score (nSPS) is 14.7. The van der Waals surface area contributed by atoms with Gasteiger partial charge in [-0.05, 0) is 83.7 Å². The van der Waals surface area contributed by atoms with Gasteiger partial charge in [0.2, 0.25) is 0 Å². The highest BCUT2D eigenvalue weighted by Gasteiger charge is 2.79. The largest absolute Gasteiger partial charge is 0.573 e. The van der Waals surface area contributed by atoms with E-state index in [2.05, 4.69) is 4.74 Å². The fourth-order valence-electron chi connectivity index (χ4n) is 6.08. The van der Waals surface area contributed by atoms with Gasteiger partial charge >= 0.3 is 41.6 Å².